The topological polar surface area (TPSA) is 47.3 Å². The quantitative estimate of drug-likeness (QED) is 0.530. The van der Waals surface area contributed by atoms with Crippen LogP contribution in [0.3, 0.4) is 0 Å². The third-order valence-electron chi connectivity index (χ3n) is 3.72. The highest BCUT2D eigenvalue weighted by Gasteiger charge is 2.16. The average Bonchev–Trinajstić information content (AvgIpc) is 3.11. The number of imidazole rings is 1. The van der Waals surface area contributed by atoms with Gasteiger partial charge >= 0.3 is 0 Å². The molecule has 5 heteroatoms. The Morgan fingerprint density at radius 3 is 2.30 bits per heavy atom. The predicted molar refractivity (Wildman–Crippen MR) is 91.9 cm³/mol. The second kappa shape index (κ2) is 5.44. The van der Waals surface area contributed by atoms with E-state index in [4.69, 9.17) is 0 Å². The fraction of sp³-hybridized carbons (Fsp3) is 0.0556. The molecule has 23 heavy (non-hydrogen) atoms. The Morgan fingerprint density at radius 2 is 1.61 bits per heavy atom. The third-order valence-corrected chi connectivity index (χ3v) is 4.54. The van der Waals surface area contributed by atoms with E-state index in [9.17, 15) is 4.79 Å². The monoisotopic (exact) mass is 319 g/mol. The van der Waals surface area contributed by atoms with E-state index >= 15 is 0 Å². The standard InChI is InChI=1S/C18H13N3OS/c1-12-20-21-16(11-22)17(19-18(21)23-12)15-9-7-14(8-10-15)13-5-3-2-4-6-13/h2-11H,1H3. The predicted octanol–water partition coefficient (Wildman–Crippen LogP) is 4.25. The van der Waals surface area contributed by atoms with Gasteiger partial charge in [0.2, 0.25) is 4.96 Å². The minimum Gasteiger partial charge on any atom is -0.296 e. The summed E-state index contributed by atoms with van der Waals surface area (Å²) in [5.74, 6) is 0. The lowest BCUT2D eigenvalue weighted by Crippen LogP contribution is -1.94. The molecule has 2 aromatic carbocycles. The second-order valence-electron chi connectivity index (χ2n) is 5.22. The lowest BCUT2D eigenvalue weighted by Gasteiger charge is -2.03. The summed E-state index contributed by atoms with van der Waals surface area (Å²) in [6.07, 6.45) is 0.819. The fourth-order valence-corrected chi connectivity index (χ4v) is 3.38. The van der Waals surface area contributed by atoms with E-state index in [0.717, 1.165) is 32.9 Å². The molecule has 0 amide bonds. The summed E-state index contributed by atoms with van der Waals surface area (Å²) >= 11 is 1.48. The Labute approximate surface area is 137 Å². The molecule has 0 saturated heterocycles. The van der Waals surface area contributed by atoms with Crippen LogP contribution >= 0.6 is 11.3 Å². The number of aldehydes is 1. The van der Waals surface area contributed by atoms with Crippen molar-refractivity contribution in [2.45, 2.75) is 6.92 Å². The average molecular weight is 319 g/mol. The normalized spacial score (nSPS) is 11.0. The highest BCUT2D eigenvalue weighted by Crippen LogP contribution is 2.28. The van der Waals surface area contributed by atoms with Gasteiger partial charge in [0.25, 0.3) is 0 Å². The van der Waals surface area contributed by atoms with Crippen molar-refractivity contribution in [2.24, 2.45) is 0 Å². The second-order valence-corrected chi connectivity index (χ2v) is 6.38. The van der Waals surface area contributed by atoms with Gasteiger partial charge in [0.05, 0.1) is 0 Å². The van der Waals surface area contributed by atoms with Crippen molar-refractivity contribution in [3.8, 4) is 22.4 Å². The highest BCUT2D eigenvalue weighted by atomic mass is 32.1. The molecule has 4 aromatic rings. The molecule has 2 aromatic heterocycles. The van der Waals surface area contributed by atoms with Crippen LogP contribution in [0.15, 0.2) is 54.6 Å². The van der Waals surface area contributed by atoms with E-state index in [2.05, 4.69) is 22.2 Å². The van der Waals surface area contributed by atoms with Crippen molar-refractivity contribution in [3.05, 3.63) is 65.3 Å². The molecule has 0 saturated carbocycles. The number of carbonyl (C=O) groups is 1. The largest absolute Gasteiger partial charge is 0.296 e. The number of carbonyl (C=O) groups excluding carboxylic acids is 1. The molecular formula is C18H13N3OS. The minimum absolute atomic E-state index is 0.497. The Hall–Kier alpha value is -2.79. The number of hydrogen-bond acceptors (Lipinski definition) is 4. The number of aromatic nitrogens is 3. The first-order valence-electron chi connectivity index (χ1n) is 7.23. The summed E-state index contributed by atoms with van der Waals surface area (Å²) in [5, 5.41) is 5.23. The van der Waals surface area contributed by atoms with Gasteiger partial charge in [-0.2, -0.15) is 9.61 Å². The first-order chi connectivity index (χ1) is 11.3. The van der Waals surface area contributed by atoms with Gasteiger partial charge in [0.15, 0.2) is 6.29 Å². The molecule has 0 N–H and O–H groups in total. The van der Waals surface area contributed by atoms with Crippen LogP contribution in [0, 0.1) is 6.92 Å². The van der Waals surface area contributed by atoms with Gasteiger partial charge in [-0.05, 0) is 18.1 Å². The summed E-state index contributed by atoms with van der Waals surface area (Å²) in [6, 6.07) is 18.3. The number of nitrogens with zero attached hydrogens (tertiary/aromatic N) is 3. The van der Waals surface area contributed by atoms with Crippen molar-refractivity contribution < 1.29 is 4.79 Å². The molecule has 0 spiro atoms. The van der Waals surface area contributed by atoms with Crippen LogP contribution in [-0.4, -0.2) is 20.9 Å². The molecule has 4 nitrogen and oxygen atoms in total. The molecule has 0 bridgehead atoms. The molecule has 0 aliphatic rings. The van der Waals surface area contributed by atoms with E-state index in [1.165, 1.54) is 11.3 Å². The number of aryl methyl sites for hydroxylation is 1. The number of fused-ring (bicyclic) bond motifs is 1. The van der Waals surface area contributed by atoms with Gasteiger partial charge in [-0.25, -0.2) is 4.98 Å². The lowest BCUT2D eigenvalue weighted by atomic mass is 10.0. The summed E-state index contributed by atoms with van der Waals surface area (Å²) in [6.45, 7) is 1.91. The van der Waals surface area contributed by atoms with Crippen LogP contribution < -0.4 is 0 Å². The molecule has 0 aliphatic heterocycles. The Morgan fingerprint density at radius 1 is 0.957 bits per heavy atom. The van der Waals surface area contributed by atoms with Gasteiger partial charge < -0.3 is 0 Å². The minimum atomic E-state index is 0.497. The van der Waals surface area contributed by atoms with E-state index in [1.807, 2.05) is 49.4 Å². The maximum Gasteiger partial charge on any atom is 0.213 e. The molecule has 2 heterocycles. The fourth-order valence-electron chi connectivity index (χ4n) is 2.63. The van der Waals surface area contributed by atoms with Crippen molar-refractivity contribution in [1.29, 1.82) is 0 Å². The first-order valence-corrected chi connectivity index (χ1v) is 8.05. The number of benzene rings is 2. The van der Waals surface area contributed by atoms with Crippen LogP contribution in [0.5, 0.6) is 0 Å². The lowest BCUT2D eigenvalue weighted by molar-refractivity contribution is 0.111. The SMILES string of the molecule is Cc1nn2c(C=O)c(-c3ccc(-c4ccccc4)cc3)nc2s1. The van der Waals surface area contributed by atoms with Crippen LogP contribution in [-0.2, 0) is 0 Å². The maximum atomic E-state index is 11.5. The van der Waals surface area contributed by atoms with Crippen molar-refractivity contribution in [1.82, 2.24) is 14.6 Å². The van der Waals surface area contributed by atoms with E-state index in [1.54, 1.807) is 4.52 Å². The highest BCUT2D eigenvalue weighted by molar-refractivity contribution is 7.16. The van der Waals surface area contributed by atoms with Crippen LogP contribution in [0.2, 0.25) is 0 Å². The Kier molecular flexibility index (Phi) is 3.28. The summed E-state index contributed by atoms with van der Waals surface area (Å²) in [7, 11) is 0. The van der Waals surface area contributed by atoms with Gasteiger partial charge in [0.1, 0.15) is 16.4 Å². The first kappa shape index (κ1) is 13.8. The number of rotatable bonds is 3. The molecule has 0 unspecified atom stereocenters. The molecule has 4 rings (SSSR count). The van der Waals surface area contributed by atoms with E-state index in [0.29, 0.717) is 11.4 Å². The Bertz CT molecular complexity index is 984. The van der Waals surface area contributed by atoms with Gasteiger partial charge in [-0.15, -0.1) is 0 Å². The molecular weight excluding hydrogens is 306 g/mol. The van der Waals surface area contributed by atoms with Crippen LogP contribution in [0.4, 0.5) is 0 Å². The Balaban J connectivity index is 1.79. The molecule has 0 aliphatic carbocycles. The third kappa shape index (κ3) is 2.35. The van der Waals surface area contributed by atoms with Crippen molar-refractivity contribution in [3.63, 3.8) is 0 Å². The van der Waals surface area contributed by atoms with Crippen LogP contribution in [0.25, 0.3) is 27.3 Å². The molecule has 0 fully saturated rings. The molecule has 112 valence electrons. The zero-order valence-electron chi connectivity index (χ0n) is 12.4. The van der Waals surface area contributed by atoms with E-state index < -0.39 is 0 Å². The van der Waals surface area contributed by atoms with Crippen molar-refractivity contribution >= 4 is 22.6 Å². The van der Waals surface area contributed by atoms with Gasteiger partial charge in [0, 0.05) is 5.56 Å². The van der Waals surface area contributed by atoms with Crippen molar-refractivity contribution in [2.75, 3.05) is 0 Å². The summed E-state index contributed by atoms with van der Waals surface area (Å²) in [4.78, 5) is 16.8. The summed E-state index contributed by atoms with van der Waals surface area (Å²) < 4.78 is 1.62. The van der Waals surface area contributed by atoms with Crippen LogP contribution in [0.1, 0.15) is 15.5 Å². The van der Waals surface area contributed by atoms with Gasteiger partial charge in [-0.3, -0.25) is 4.79 Å². The zero-order valence-corrected chi connectivity index (χ0v) is 13.2. The number of hydrogen-bond donors (Lipinski definition) is 0. The molecule has 0 radical (unpaired) electrons. The summed E-state index contributed by atoms with van der Waals surface area (Å²) in [5.41, 5.74) is 4.40. The smallest absolute Gasteiger partial charge is 0.213 e. The zero-order chi connectivity index (χ0) is 15.8. The maximum absolute atomic E-state index is 11.5. The van der Waals surface area contributed by atoms with E-state index in [-0.39, 0.29) is 0 Å². The van der Waals surface area contributed by atoms with Gasteiger partial charge in [-0.1, -0.05) is 65.9 Å². The molecule has 0 atom stereocenters.